The molecular formula is C40H39Cl2F3N8O4. The van der Waals surface area contributed by atoms with Crippen LogP contribution in [0.1, 0.15) is 42.1 Å². The third kappa shape index (κ3) is 7.15. The van der Waals surface area contributed by atoms with Gasteiger partial charge in [-0.1, -0.05) is 53.5 Å². The number of benzene rings is 2. The van der Waals surface area contributed by atoms with Crippen molar-refractivity contribution in [3.63, 3.8) is 0 Å². The number of anilines is 2. The van der Waals surface area contributed by atoms with Crippen LogP contribution in [0, 0.1) is 0 Å². The van der Waals surface area contributed by atoms with E-state index in [0.29, 0.717) is 53.0 Å². The Morgan fingerprint density at radius 3 is 2.47 bits per heavy atom. The Labute approximate surface area is 335 Å². The summed E-state index contributed by atoms with van der Waals surface area (Å²) >= 11 is 14.1. The average Bonchev–Trinajstić information content (AvgIpc) is 3.80. The van der Waals surface area contributed by atoms with Crippen LogP contribution in [-0.2, 0) is 24.4 Å². The maximum atomic E-state index is 13.9. The molecule has 5 heterocycles. The lowest BCUT2D eigenvalue weighted by Gasteiger charge is -2.40. The SMILES string of the molecule is COCCN1CCC2(CCN(C3CCc4cc(-c5cccc(-c6cccc(Nc7nc(C(F)(F)F)cc8cnn(C)c(=O)c78)c6Cl)c5Cl)nc(OC)c43)C2)NC1=O. The van der Waals surface area contributed by atoms with Crippen LogP contribution in [0.4, 0.5) is 29.5 Å². The van der Waals surface area contributed by atoms with E-state index in [9.17, 15) is 22.8 Å². The van der Waals surface area contributed by atoms with Gasteiger partial charge in [-0.05, 0) is 49.4 Å². The van der Waals surface area contributed by atoms with Crippen LogP contribution in [0.5, 0.6) is 5.88 Å². The molecule has 0 radical (unpaired) electrons. The number of nitrogens with zero attached hydrogens (tertiary/aromatic N) is 6. The maximum Gasteiger partial charge on any atom is 0.433 e. The number of aryl methyl sites for hydroxylation is 2. The van der Waals surface area contributed by atoms with E-state index < -0.39 is 17.4 Å². The van der Waals surface area contributed by atoms with Gasteiger partial charge in [-0.15, -0.1) is 0 Å². The number of methoxy groups -OCH3 is 2. The highest BCUT2D eigenvalue weighted by Crippen LogP contribution is 2.47. The normalized spacial score (nSPS) is 19.7. The molecule has 2 atom stereocenters. The van der Waals surface area contributed by atoms with Gasteiger partial charge in [0.05, 0.1) is 52.3 Å². The number of likely N-dealkylation sites (tertiary alicyclic amines) is 1. The molecule has 1 aliphatic carbocycles. The van der Waals surface area contributed by atoms with Gasteiger partial charge >= 0.3 is 12.2 Å². The molecule has 2 aromatic carbocycles. The zero-order valence-electron chi connectivity index (χ0n) is 31.3. The van der Waals surface area contributed by atoms with Gasteiger partial charge in [-0.25, -0.2) is 19.4 Å². The monoisotopic (exact) mass is 822 g/mol. The molecule has 12 nitrogen and oxygen atoms in total. The summed E-state index contributed by atoms with van der Waals surface area (Å²) in [5, 5.41) is 10.5. The lowest BCUT2D eigenvalue weighted by molar-refractivity contribution is -0.141. The van der Waals surface area contributed by atoms with Crippen molar-refractivity contribution in [1.82, 2.24) is 34.9 Å². The van der Waals surface area contributed by atoms with E-state index in [2.05, 4.69) is 25.6 Å². The maximum absolute atomic E-state index is 13.9. The Balaban J connectivity index is 1.08. The number of carbonyl (C=O) groups is 1. The summed E-state index contributed by atoms with van der Waals surface area (Å²) in [4.78, 5) is 39.0. The Kier molecular flexibility index (Phi) is 10.3. The zero-order chi connectivity index (χ0) is 40.2. The van der Waals surface area contributed by atoms with Crippen molar-refractivity contribution in [2.45, 2.75) is 43.4 Å². The van der Waals surface area contributed by atoms with Crippen molar-refractivity contribution in [2.75, 3.05) is 52.3 Å². The fourth-order valence-corrected chi connectivity index (χ4v) is 8.94. The van der Waals surface area contributed by atoms with Crippen molar-refractivity contribution in [1.29, 1.82) is 0 Å². The van der Waals surface area contributed by atoms with E-state index in [-0.39, 0.29) is 44.9 Å². The topological polar surface area (TPSA) is 127 Å². The van der Waals surface area contributed by atoms with Gasteiger partial charge < -0.3 is 25.0 Å². The van der Waals surface area contributed by atoms with Crippen LogP contribution in [-0.4, -0.2) is 88.1 Å². The summed E-state index contributed by atoms with van der Waals surface area (Å²) in [6, 6.07) is 13.3. The molecule has 2 unspecified atom stereocenters. The number of halogens is 5. The highest BCUT2D eigenvalue weighted by Gasteiger charge is 2.46. The predicted molar refractivity (Wildman–Crippen MR) is 211 cm³/mol. The highest BCUT2D eigenvalue weighted by atomic mass is 35.5. The van der Waals surface area contributed by atoms with Crippen molar-refractivity contribution >= 4 is 51.5 Å². The third-order valence-corrected chi connectivity index (χ3v) is 12.1. The Morgan fingerprint density at radius 1 is 1.00 bits per heavy atom. The molecule has 298 valence electrons. The molecule has 0 bridgehead atoms. The lowest BCUT2D eigenvalue weighted by atomic mass is 9.92. The summed E-state index contributed by atoms with van der Waals surface area (Å²) < 4.78 is 53.7. The first-order valence-electron chi connectivity index (χ1n) is 18.5. The largest absolute Gasteiger partial charge is 0.481 e. The molecular weight excluding hydrogens is 784 g/mol. The Morgan fingerprint density at radius 2 is 1.74 bits per heavy atom. The molecule has 2 amide bonds. The molecule has 5 aromatic rings. The number of pyridine rings is 2. The van der Waals surface area contributed by atoms with Crippen LogP contribution in [0.3, 0.4) is 0 Å². The van der Waals surface area contributed by atoms with Crippen molar-refractivity contribution < 1.29 is 27.4 Å². The lowest BCUT2D eigenvalue weighted by Crippen LogP contribution is -2.61. The van der Waals surface area contributed by atoms with E-state index in [1.165, 1.54) is 13.2 Å². The van der Waals surface area contributed by atoms with Crippen LogP contribution >= 0.6 is 23.2 Å². The third-order valence-electron chi connectivity index (χ3n) is 11.3. The first-order chi connectivity index (χ1) is 27.3. The second kappa shape index (κ2) is 15.1. The van der Waals surface area contributed by atoms with E-state index in [4.69, 9.17) is 37.7 Å². The second-order valence-electron chi connectivity index (χ2n) is 14.7. The van der Waals surface area contributed by atoms with Crippen molar-refractivity contribution in [3.05, 3.63) is 91.9 Å². The molecule has 2 aliphatic heterocycles. The summed E-state index contributed by atoms with van der Waals surface area (Å²) in [5.74, 6) is 0.198. The van der Waals surface area contributed by atoms with Gasteiger partial charge in [-0.3, -0.25) is 9.69 Å². The Bertz CT molecular complexity index is 2470. The summed E-state index contributed by atoms with van der Waals surface area (Å²) in [5.41, 5.74) is 2.56. The molecule has 1 spiro atoms. The van der Waals surface area contributed by atoms with Crippen molar-refractivity contribution in [3.8, 4) is 28.3 Å². The minimum absolute atomic E-state index is 0.0258. The summed E-state index contributed by atoms with van der Waals surface area (Å²) in [6.07, 6.45) is -0.187. The first-order valence-corrected chi connectivity index (χ1v) is 19.2. The van der Waals surface area contributed by atoms with Crippen LogP contribution in [0.15, 0.2) is 59.5 Å². The summed E-state index contributed by atoms with van der Waals surface area (Å²) in [6.45, 7) is 3.33. The zero-order valence-corrected chi connectivity index (χ0v) is 32.9. The molecule has 8 rings (SSSR count). The van der Waals surface area contributed by atoms with E-state index >= 15 is 0 Å². The number of hydrogen-bond donors (Lipinski definition) is 2. The molecule has 57 heavy (non-hydrogen) atoms. The molecule has 2 N–H and O–H groups in total. The molecule has 17 heteroatoms. The minimum atomic E-state index is -4.78. The molecule has 0 saturated carbocycles. The van der Waals surface area contributed by atoms with Crippen LogP contribution in [0.25, 0.3) is 33.2 Å². The number of ether oxygens (including phenoxy) is 2. The number of fused-ring (bicyclic) bond motifs is 2. The first kappa shape index (κ1) is 38.9. The molecule has 2 saturated heterocycles. The smallest absolute Gasteiger partial charge is 0.433 e. The fraction of sp³-hybridized carbons (Fsp3) is 0.375. The van der Waals surface area contributed by atoms with Gasteiger partial charge in [0.2, 0.25) is 5.88 Å². The number of hydrogen-bond acceptors (Lipinski definition) is 9. The number of rotatable bonds is 9. The van der Waals surface area contributed by atoms with Gasteiger partial charge in [0, 0.05) is 74.0 Å². The standard InChI is InChI=1S/C40H39Cl2F3N8O4/c1-51-37(54)32-23(20-46-51)19-30(40(43,44)45)49-35(32)47-27-9-5-7-25(34(27)42)24-6-4-8-26(33(24)41)28-18-22-10-11-29(31(22)36(48-28)57-3)53-15-13-39(21-53)12-14-52(16-17-56-2)38(55)50-39/h4-9,18-20,29H,10-17,21H2,1-3H3,(H,47,49)(H,50,55). The Hall–Kier alpha value is -4.96. The predicted octanol–water partition coefficient (Wildman–Crippen LogP) is 7.63. The number of carbonyl (C=O) groups excluding carboxylic acids is 1. The van der Waals surface area contributed by atoms with Gasteiger partial charge in [0.25, 0.3) is 5.56 Å². The van der Waals surface area contributed by atoms with E-state index in [0.717, 1.165) is 60.6 Å². The van der Waals surface area contributed by atoms with Gasteiger partial charge in [0.15, 0.2) is 0 Å². The van der Waals surface area contributed by atoms with Gasteiger partial charge in [-0.2, -0.15) is 18.3 Å². The molecule has 2 fully saturated rings. The number of amides is 2. The van der Waals surface area contributed by atoms with Crippen LogP contribution in [0.2, 0.25) is 10.0 Å². The van der Waals surface area contributed by atoms with E-state index in [1.807, 2.05) is 18.2 Å². The number of alkyl halides is 3. The van der Waals surface area contributed by atoms with E-state index in [1.54, 1.807) is 43.4 Å². The quantitative estimate of drug-likeness (QED) is 0.154. The number of aromatic nitrogens is 4. The summed E-state index contributed by atoms with van der Waals surface area (Å²) in [7, 11) is 4.63. The highest BCUT2D eigenvalue weighted by molar-refractivity contribution is 6.39. The number of nitrogens with one attached hydrogen (secondary N) is 2. The molecule has 3 aliphatic rings. The average molecular weight is 824 g/mol. The fourth-order valence-electron chi connectivity index (χ4n) is 8.34. The minimum Gasteiger partial charge on any atom is -0.481 e. The van der Waals surface area contributed by atoms with Crippen LogP contribution < -0.4 is 20.9 Å². The van der Waals surface area contributed by atoms with Gasteiger partial charge in [0.1, 0.15) is 11.5 Å². The van der Waals surface area contributed by atoms with Crippen molar-refractivity contribution in [2.24, 2.45) is 7.05 Å². The molecule has 3 aromatic heterocycles. The second-order valence-corrected chi connectivity index (χ2v) is 15.4. The number of urea groups is 1.